The van der Waals surface area contributed by atoms with Gasteiger partial charge in [0.2, 0.25) is 0 Å². The van der Waals surface area contributed by atoms with Crippen molar-refractivity contribution in [2.75, 3.05) is 0 Å². The number of thioether (sulfide) groups is 1. The maximum Gasteiger partial charge on any atom is 0.119 e. The number of aromatic hydroxyl groups is 1. The Bertz CT molecular complexity index is 728. The zero-order chi connectivity index (χ0) is 19.2. The highest BCUT2D eigenvalue weighted by molar-refractivity contribution is 8.03. The van der Waals surface area contributed by atoms with Crippen LogP contribution in [-0.4, -0.2) is 10.2 Å². The van der Waals surface area contributed by atoms with Gasteiger partial charge in [-0.1, -0.05) is 60.2 Å². The van der Waals surface area contributed by atoms with Gasteiger partial charge in [-0.05, 0) is 57.9 Å². The smallest absolute Gasteiger partial charge is 0.119 e. The van der Waals surface area contributed by atoms with Gasteiger partial charge in [-0.3, -0.25) is 0 Å². The van der Waals surface area contributed by atoms with Crippen molar-refractivity contribution in [1.82, 2.24) is 0 Å². The highest BCUT2D eigenvalue weighted by atomic mass is 32.2. The number of aliphatic hydroxyl groups is 1. The summed E-state index contributed by atoms with van der Waals surface area (Å²) in [6, 6.07) is 3.99. The lowest BCUT2D eigenvalue weighted by molar-refractivity contribution is 0.339. The van der Waals surface area contributed by atoms with Crippen LogP contribution >= 0.6 is 11.8 Å². The van der Waals surface area contributed by atoms with E-state index < -0.39 is 0 Å². The minimum Gasteiger partial charge on any atom is -0.512 e. The lowest BCUT2D eigenvalue weighted by atomic mass is 9.81. The second kappa shape index (κ2) is 6.75. The Labute approximate surface area is 157 Å². The Morgan fingerprint density at radius 3 is 2.12 bits per heavy atom. The molecule has 1 aliphatic carbocycles. The van der Waals surface area contributed by atoms with Crippen LogP contribution in [-0.2, 0) is 5.41 Å². The molecule has 0 spiro atoms. The van der Waals surface area contributed by atoms with Gasteiger partial charge in [-0.2, -0.15) is 0 Å². The summed E-state index contributed by atoms with van der Waals surface area (Å²) in [4.78, 5) is 2.45. The van der Waals surface area contributed by atoms with E-state index in [0.717, 1.165) is 16.7 Å². The fourth-order valence-electron chi connectivity index (χ4n) is 3.16. The molecule has 1 aromatic carbocycles. The van der Waals surface area contributed by atoms with Crippen molar-refractivity contribution >= 4 is 11.8 Å². The molecule has 2 rings (SSSR count). The van der Waals surface area contributed by atoms with Gasteiger partial charge in [-0.15, -0.1) is 0 Å². The van der Waals surface area contributed by atoms with Crippen molar-refractivity contribution in [1.29, 1.82) is 0 Å². The van der Waals surface area contributed by atoms with Gasteiger partial charge in [0, 0.05) is 16.9 Å². The summed E-state index contributed by atoms with van der Waals surface area (Å²) in [6.45, 7) is 17.0. The summed E-state index contributed by atoms with van der Waals surface area (Å²) in [5.74, 6) is 1.18. The number of phenolic OH excluding ortho intramolecular Hbond substituents is 1. The summed E-state index contributed by atoms with van der Waals surface area (Å²) in [5.41, 5.74) is 2.91. The number of allylic oxidation sites excluding steroid dienone is 4. The molecule has 0 aliphatic heterocycles. The number of benzene rings is 1. The lowest BCUT2D eigenvalue weighted by Crippen LogP contribution is -2.17. The predicted octanol–water partition coefficient (Wildman–Crippen LogP) is 6.87. The van der Waals surface area contributed by atoms with Crippen molar-refractivity contribution in [3.8, 4) is 5.75 Å². The van der Waals surface area contributed by atoms with Crippen molar-refractivity contribution < 1.29 is 10.2 Å². The molecule has 25 heavy (non-hydrogen) atoms. The van der Waals surface area contributed by atoms with Crippen LogP contribution < -0.4 is 0 Å². The Balaban J connectivity index is 2.45. The van der Waals surface area contributed by atoms with Crippen LogP contribution in [0.1, 0.15) is 66.0 Å². The van der Waals surface area contributed by atoms with Crippen molar-refractivity contribution in [2.45, 2.75) is 72.1 Å². The first-order valence-corrected chi connectivity index (χ1v) is 9.78. The molecule has 0 fully saturated rings. The Kier molecular flexibility index (Phi) is 5.39. The molecule has 0 saturated carbocycles. The first-order valence-electron chi connectivity index (χ1n) is 8.97. The zero-order valence-corrected chi connectivity index (χ0v) is 17.6. The minimum atomic E-state index is -0.103. The second-order valence-corrected chi connectivity index (χ2v) is 10.4. The van der Waals surface area contributed by atoms with E-state index in [-0.39, 0.29) is 10.8 Å². The fourth-order valence-corrected chi connectivity index (χ4v) is 4.27. The van der Waals surface area contributed by atoms with E-state index in [0.29, 0.717) is 23.8 Å². The summed E-state index contributed by atoms with van der Waals surface area (Å²) >= 11 is 1.76. The maximum absolute atomic E-state index is 10.4. The third-order valence-corrected chi connectivity index (χ3v) is 6.14. The third-order valence-electron chi connectivity index (χ3n) is 4.72. The molecule has 0 bridgehead atoms. The maximum atomic E-state index is 10.4. The van der Waals surface area contributed by atoms with E-state index in [4.69, 9.17) is 0 Å². The van der Waals surface area contributed by atoms with Gasteiger partial charge in [0.15, 0.2) is 0 Å². The molecule has 0 saturated heterocycles. The molecule has 0 aromatic heterocycles. The molecule has 1 aromatic rings. The number of rotatable bonds is 2. The lowest BCUT2D eigenvalue weighted by Gasteiger charge is -2.30. The highest BCUT2D eigenvalue weighted by Crippen LogP contribution is 2.45. The van der Waals surface area contributed by atoms with Gasteiger partial charge in [0.25, 0.3) is 0 Å². The van der Waals surface area contributed by atoms with E-state index in [1.165, 1.54) is 9.80 Å². The molecule has 2 nitrogen and oxygen atoms in total. The van der Waals surface area contributed by atoms with Gasteiger partial charge in [0.1, 0.15) is 5.75 Å². The summed E-state index contributed by atoms with van der Waals surface area (Å²) in [7, 11) is 0. The van der Waals surface area contributed by atoms with Gasteiger partial charge in [0.05, 0.1) is 5.76 Å². The Hall–Kier alpha value is -1.35. The first kappa shape index (κ1) is 20.0. The van der Waals surface area contributed by atoms with Gasteiger partial charge in [-0.25, -0.2) is 0 Å². The highest BCUT2D eigenvalue weighted by Gasteiger charge is 2.28. The van der Waals surface area contributed by atoms with E-state index >= 15 is 0 Å². The minimum absolute atomic E-state index is 0.0728. The monoisotopic (exact) mass is 360 g/mol. The zero-order valence-electron chi connectivity index (χ0n) is 16.8. The average molecular weight is 361 g/mol. The fraction of sp³-hybridized carbons (Fsp3) is 0.545. The number of phenols is 1. The van der Waals surface area contributed by atoms with Crippen molar-refractivity contribution in [3.63, 3.8) is 0 Å². The quantitative estimate of drug-likeness (QED) is 0.604. The number of aryl methyl sites for hydroxylation is 1. The summed E-state index contributed by atoms with van der Waals surface area (Å²) in [6.07, 6.45) is 2.85. The van der Waals surface area contributed by atoms with E-state index in [1.54, 1.807) is 11.8 Å². The molecule has 3 heteroatoms. The Morgan fingerprint density at radius 1 is 1.00 bits per heavy atom. The second-order valence-electron chi connectivity index (χ2n) is 9.25. The van der Waals surface area contributed by atoms with E-state index in [9.17, 15) is 10.2 Å². The molecule has 138 valence electrons. The normalized spacial score (nSPS) is 19.2. The van der Waals surface area contributed by atoms with Gasteiger partial charge >= 0.3 is 0 Å². The molecule has 0 amide bonds. The van der Waals surface area contributed by atoms with Crippen molar-refractivity contribution in [2.24, 2.45) is 11.3 Å². The van der Waals surface area contributed by atoms with E-state index in [1.807, 2.05) is 13.0 Å². The van der Waals surface area contributed by atoms with Crippen LogP contribution in [0.25, 0.3) is 0 Å². The Morgan fingerprint density at radius 2 is 1.60 bits per heavy atom. The van der Waals surface area contributed by atoms with Crippen molar-refractivity contribution in [3.05, 3.63) is 45.6 Å². The van der Waals surface area contributed by atoms with Crippen LogP contribution in [0.2, 0.25) is 0 Å². The van der Waals surface area contributed by atoms with Gasteiger partial charge < -0.3 is 10.2 Å². The summed E-state index contributed by atoms with van der Waals surface area (Å²) < 4.78 is 0. The molecule has 1 unspecified atom stereocenters. The molecule has 2 N–H and O–H groups in total. The average Bonchev–Trinajstić information content (AvgIpc) is 2.41. The van der Waals surface area contributed by atoms with Crippen LogP contribution in [0.5, 0.6) is 5.75 Å². The molecular formula is C22H32O2S. The number of aliphatic hydroxyl groups excluding tert-OH is 1. The summed E-state index contributed by atoms with van der Waals surface area (Å²) in [5, 5.41) is 20.7. The molecule has 0 heterocycles. The molecule has 1 atom stereocenters. The number of hydrogen-bond donors (Lipinski definition) is 2. The first-order chi connectivity index (χ1) is 11.3. The largest absolute Gasteiger partial charge is 0.512 e. The van der Waals surface area contributed by atoms with Crippen LogP contribution in [0, 0.1) is 18.3 Å². The van der Waals surface area contributed by atoms with Crippen LogP contribution in [0.4, 0.5) is 0 Å². The van der Waals surface area contributed by atoms with E-state index in [2.05, 4.69) is 60.6 Å². The predicted molar refractivity (Wildman–Crippen MR) is 108 cm³/mol. The SMILES string of the molecule is Cc1cc(O)c(C(C)(C)C)cc1SC1=CC(C(C)(C)C)=C(O)CC1C. The molecular weight excluding hydrogens is 328 g/mol. The standard InChI is InChI=1S/C22H32O2S/c1-13-9-17(23)15(21(3,4)5)11-19(13)25-20-12-16(22(6,7)8)18(24)10-14(20)2/h9,11-12,14,23-24H,10H2,1-8H3. The topological polar surface area (TPSA) is 40.5 Å². The van der Waals surface area contributed by atoms with Crippen LogP contribution in [0.15, 0.2) is 39.3 Å². The molecule has 1 aliphatic rings. The molecule has 0 radical (unpaired) electrons. The van der Waals surface area contributed by atoms with Crippen LogP contribution in [0.3, 0.4) is 0 Å². The third kappa shape index (κ3) is 4.44. The number of hydrogen-bond acceptors (Lipinski definition) is 3.